The van der Waals surface area contributed by atoms with Gasteiger partial charge in [-0.1, -0.05) is 30.7 Å². The number of hydrogen-bond donors (Lipinski definition) is 1. The molecule has 0 fully saturated rings. The first-order chi connectivity index (χ1) is 8.63. The maximum Gasteiger partial charge on any atom is 0.181 e. The van der Waals surface area contributed by atoms with Crippen molar-refractivity contribution < 1.29 is 0 Å². The van der Waals surface area contributed by atoms with E-state index in [1.54, 1.807) is 0 Å². The van der Waals surface area contributed by atoms with Crippen molar-refractivity contribution in [1.82, 2.24) is 14.8 Å². The van der Waals surface area contributed by atoms with Gasteiger partial charge in [0, 0.05) is 18.0 Å². The second kappa shape index (κ2) is 4.21. The zero-order valence-electron chi connectivity index (χ0n) is 10.8. The highest BCUT2D eigenvalue weighted by Crippen LogP contribution is 2.22. The lowest BCUT2D eigenvalue weighted by molar-refractivity contribution is 0.330. The van der Waals surface area contributed by atoms with Crippen LogP contribution in [0.5, 0.6) is 0 Å². The van der Waals surface area contributed by atoms with Gasteiger partial charge in [-0.3, -0.25) is 0 Å². The summed E-state index contributed by atoms with van der Waals surface area (Å²) in [6, 6.07) is 8.48. The van der Waals surface area contributed by atoms with E-state index in [9.17, 15) is 0 Å². The van der Waals surface area contributed by atoms with Gasteiger partial charge >= 0.3 is 0 Å². The third-order valence-electron chi connectivity index (χ3n) is 3.64. The fourth-order valence-corrected chi connectivity index (χ4v) is 2.40. The highest BCUT2D eigenvalue weighted by Gasteiger charge is 2.25. The van der Waals surface area contributed by atoms with Gasteiger partial charge in [-0.2, -0.15) is 5.10 Å². The fraction of sp³-hybridized carbons (Fsp3) is 0.429. The summed E-state index contributed by atoms with van der Waals surface area (Å²) in [5, 5.41) is 4.57. The summed E-state index contributed by atoms with van der Waals surface area (Å²) in [6.07, 6.45) is 0.917. The minimum Gasteiger partial charge on any atom is -0.326 e. The molecule has 3 rings (SSSR count). The van der Waals surface area contributed by atoms with E-state index < -0.39 is 0 Å². The smallest absolute Gasteiger partial charge is 0.181 e. The number of benzene rings is 1. The summed E-state index contributed by atoms with van der Waals surface area (Å²) in [5.41, 5.74) is 8.39. The standard InChI is InChI=1S/C14H18N4/c1-9-4-3-5-11(6-9)14-16-13-7-10(2)12(15)8-18(13)17-14/h3-6,10,12H,7-8,15H2,1-2H3. The van der Waals surface area contributed by atoms with Gasteiger partial charge < -0.3 is 5.73 Å². The fourth-order valence-electron chi connectivity index (χ4n) is 2.40. The highest BCUT2D eigenvalue weighted by atomic mass is 15.4. The van der Waals surface area contributed by atoms with Crippen LogP contribution in [0.4, 0.5) is 0 Å². The lowest BCUT2D eigenvalue weighted by Gasteiger charge is -2.25. The molecule has 0 spiro atoms. The van der Waals surface area contributed by atoms with Gasteiger partial charge in [0.2, 0.25) is 0 Å². The van der Waals surface area contributed by atoms with Gasteiger partial charge in [-0.25, -0.2) is 9.67 Å². The molecule has 0 bridgehead atoms. The normalized spacial score (nSPS) is 22.8. The molecule has 0 aliphatic carbocycles. The van der Waals surface area contributed by atoms with Gasteiger partial charge in [0.05, 0.1) is 6.54 Å². The zero-order valence-corrected chi connectivity index (χ0v) is 10.8. The van der Waals surface area contributed by atoms with Gasteiger partial charge in [-0.05, 0) is 18.9 Å². The van der Waals surface area contributed by atoms with Gasteiger partial charge in [0.25, 0.3) is 0 Å². The molecule has 0 radical (unpaired) electrons. The highest BCUT2D eigenvalue weighted by molar-refractivity contribution is 5.55. The molecule has 0 saturated carbocycles. The van der Waals surface area contributed by atoms with E-state index in [-0.39, 0.29) is 6.04 Å². The minimum atomic E-state index is 0.185. The summed E-state index contributed by atoms with van der Waals surface area (Å²) in [6.45, 7) is 5.03. The van der Waals surface area contributed by atoms with E-state index in [1.165, 1.54) is 5.56 Å². The Balaban J connectivity index is 1.99. The molecule has 18 heavy (non-hydrogen) atoms. The van der Waals surface area contributed by atoms with Crippen molar-refractivity contribution in [2.45, 2.75) is 32.9 Å². The van der Waals surface area contributed by atoms with Crippen LogP contribution in [0.15, 0.2) is 24.3 Å². The van der Waals surface area contributed by atoms with Crippen LogP contribution in [-0.4, -0.2) is 20.8 Å². The summed E-state index contributed by atoms with van der Waals surface area (Å²) in [7, 11) is 0. The maximum absolute atomic E-state index is 6.08. The maximum atomic E-state index is 6.08. The average molecular weight is 242 g/mol. The Hall–Kier alpha value is -1.68. The van der Waals surface area contributed by atoms with Crippen LogP contribution in [0.2, 0.25) is 0 Å². The first-order valence-electron chi connectivity index (χ1n) is 6.40. The Kier molecular flexibility index (Phi) is 2.67. The van der Waals surface area contributed by atoms with Crippen LogP contribution in [0.25, 0.3) is 11.4 Å². The van der Waals surface area contributed by atoms with Gasteiger partial charge in [0.15, 0.2) is 5.82 Å². The molecule has 2 heterocycles. The second-order valence-electron chi connectivity index (χ2n) is 5.25. The number of aromatic nitrogens is 3. The molecule has 4 nitrogen and oxygen atoms in total. The summed E-state index contributed by atoms with van der Waals surface area (Å²) in [4.78, 5) is 4.64. The van der Waals surface area contributed by atoms with Crippen LogP contribution in [0, 0.1) is 12.8 Å². The van der Waals surface area contributed by atoms with Crippen molar-refractivity contribution in [2.75, 3.05) is 0 Å². The Bertz CT molecular complexity index is 545. The quantitative estimate of drug-likeness (QED) is 0.829. The molecule has 2 aromatic rings. The SMILES string of the molecule is Cc1cccc(-c2nc3n(n2)CC(N)C(C)C3)c1. The molecule has 2 unspecified atom stereocenters. The number of rotatable bonds is 1. The molecule has 1 aliphatic heterocycles. The van der Waals surface area contributed by atoms with Crippen molar-refractivity contribution in [1.29, 1.82) is 0 Å². The Morgan fingerprint density at radius 2 is 2.22 bits per heavy atom. The Labute approximate surface area is 107 Å². The number of nitrogens with two attached hydrogens (primary N) is 1. The van der Waals surface area contributed by atoms with Crippen LogP contribution in [0.1, 0.15) is 18.3 Å². The van der Waals surface area contributed by atoms with E-state index >= 15 is 0 Å². The molecule has 0 amide bonds. The van der Waals surface area contributed by atoms with Crippen molar-refractivity contribution in [3.8, 4) is 11.4 Å². The van der Waals surface area contributed by atoms with E-state index in [4.69, 9.17) is 5.73 Å². The van der Waals surface area contributed by atoms with Gasteiger partial charge in [-0.15, -0.1) is 0 Å². The number of fused-ring (bicyclic) bond motifs is 1. The minimum absolute atomic E-state index is 0.185. The summed E-state index contributed by atoms with van der Waals surface area (Å²) >= 11 is 0. The van der Waals surface area contributed by atoms with Gasteiger partial charge in [0.1, 0.15) is 5.82 Å². The molecule has 4 heteroatoms. The topological polar surface area (TPSA) is 56.7 Å². The molecule has 1 aliphatic rings. The second-order valence-corrected chi connectivity index (χ2v) is 5.25. The third kappa shape index (κ3) is 1.93. The molecule has 0 saturated heterocycles. The van der Waals surface area contributed by atoms with E-state index in [1.807, 2.05) is 10.7 Å². The molecule has 2 N–H and O–H groups in total. The molecule has 2 atom stereocenters. The number of hydrogen-bond acceptors (Lipinski definition) is 3. The lowest BCUT2D eigenvalue weighted by Crippen LogP contribution is -2.39. The third-order valence-corrected chi connectivity index (χ3v) is 3.64. The molecule has 1 aromatic carbocycles. The monoisotopic (exact) mass is 242 g/mol. The van der Waals surface area contributed by atoms with Crippen molar-refractivity contribution in [2.24, 2.45) is 11.7 Å². The van der Waals surface area contributed by atoms with Crippen molar-refractivity contribution in [3.63, 3.8) is 0 Å². The Morgan fingerprint density at radius 3 is 3.00 bits per heavy atom. The van der Waals surface area contributed by atoms with Crippen molar-refractivity contribution in [3.05, 3.63) is 35.7 Å². The molecule has 1 aromatic heterocycles. The number of aryl methyl sites for hydroxylation is 1. The zero-order chi connectivity index (χ0) is 12.7. The predicted molar refractivity (Wildman–Crippen MR) is 71.0 cm³/mol. The molecular weight excluding hydrogens is 224 g/mol. The van der Waals surface area contributed by atoms with E-state index in [0.29, 0.717) is 5.92 Å². The predicted octanol–water partition coefficient (Wildman–Crippen LogP) is 1.77. The van der Waals surface area contributed by atoms with Crippen LogP contribution >= 0.6 is 0 Å². The van der Waals surface area contributed by atoms with Crippen molar-refractivity contribution >= 4 is 0 Å². The van der Waals surface area contributed by atoms with E-state index in [2.05, 4.69) is 42.1 Å². The van der Waals surface area contributed by atoms with E-state index in [0.717, 1.165) is 30.2 Å². The number of nitrogens with zero attached hydrogens (tertiary/aromatic N) is 3. The van der Waals surface area contributed by atoms with Crippen LogP contribution in [0.3, 0.4) is 0 Å². The summed E-state index contributed by atoms with van der Waals surface area (Å²) in [5.74, 6) is 2.35. The molecular formula is C14H18N4. The largest absolute Gasteiger partial charge is 0.326 e. The Morgan fingerprint density at radius 1 is 1.39 bits per heavy atom. The average Bonchev–Trinajstić information content (AvgIpc) is 2.73. The summed E-state index contributed by atoms with van der Waals surface area (Å²) < 4.78 is 1.96. The molecule has 94 valence electrons. The first-order valence-corrected chi connectivity index (χ1v) is 6.40. The lowest BCUT2D eigenvalue weighted by atomic mass is 9.96. The van der Waals surface area contributed by atoms with Crippen LogP contribution < -0.4 is 5.73 Å². The first kappa shape index (κ1) is 11.4. The van der Waals surface area contributed by atoms with Crippen LogP contribution in [-0.2, 0) is 13.0 Å².